The summed E-state index contributed by atoms with van der Waals surface area (Å²) in [6.45, 7) is 5.64. The van der Waals surface area contributed by atoms with E-state index in [0.29, 0.717) is 14.8 Å². The molecule has 8 heteroatoms. The van der Waals surface area contributed by atoms with Crippen LogP contribution >= 0.6 is 24.0 Å². The molecular weight excluding hydrogens is 316 g/mol. The molecule has 1 radical (unpaired) electrons. The number of hydrogen-bond donors (Lipinski definition) is 1. The standard InChI is InChI=1S/C12H15N2O3S3/c1-4-19-12(18)14(13-3)11(15)17-20(16)10-8-6-5-7-9(10)2/h5-8,13H,2,4H2,1,3H3. The highest BCUT2D eigenvalue weighted by atomic mass is 32.2. The van der Waals surface area contributed by atoms with Crippen molar-refractivity contribution in [1.82, 2.24) is 10.4 Å². The number of benzene rings is 1. The van der Waals surface area contributed by atoms with E-state index in [1.807, 2.05) is 6.92 Å². The van der Waals surface area contributed by atoms with Crippen molar-refractivity contribution in [2.24, 2.45) is 0 Å². The van der Waals surface area contributed by atoms with Crippen molar-refractivity contribution >= 4 is 45.5 Å². The van der Waals surface area contributed by atoms with Gasteiger partial charge in [-0.2, -0.15) is 5.01 Å². The molecule has 1 aromatic rings. The van der Waals surface area contributed by atoms with Gasteiger partial charge in [-0.1, -0.05) is 49.1 Å². The predicted octanol–water partition coefficient (Wildman–Crippen LogP) is 2.50. The van der Waals surface area contributed by atoms with Gasteiger partial charge in [0.2, 0.25) is 11.1 Å². The summed E-state index contributed by atoms with van der Waals surface area (Å²) in [4.78, 5) is 12.3. The molecule has 109 valence electrons. The van der Waals surface area contributed by atoms with Gasteiger partial charge in [-0.25, -0.2) is 14.4 Å². The van der Waals surface area contributed by atoms with Crippen LogP contribution in [0.1, 0.15) is 12.5 Å². The number of thiocarbonyl (C=S) groups is 1. The summed E-state index contributed by atoms with van der Waals surface area (Å²) in [5.74, 6) is 0.717. The number of rotatable bonds is 4. The molecule has 0 aliphatic carbocycles. The van der Waals surface area contributed by atoms with Crippen LogP contribution in [0.5, 0.6) is 0 Å². The van der Waals surface area contributed by atoms with Crippen molar-refractivity contribution < 1.29 is 13.2 Å². The van der Waals surface area contributed by atoms with E-state index in [9.17, 15) is 9.00 Å². The lowest BCUT2D eigenvalue weighted by molar-refractivity contribution is 0.172. The van der Waals surface area contributed by atoms with Gasteiger partial charge in [0.05, 0.1) is 4.90 Å². The van der Waals surface area contributed by atoms with Crippen molar-refractivity contribution in [3.8, 4) is 0 Å². The summed E-state index contributed by atoms with van der Waals surface area (Å²) in [7, 11) is 1.53. The lowest BCUT2D eigenvalue weighted by Gasteiger charge is -2.19. The van der Waals surface area contributed by atoms with Crippen LogP contribution in [-0.2, 0) is 15.3 Å². The van der Waals surface area contributed by atoms with Gasteiger partial charge in [0.1, 0.15) is 0 Å². The second kappa shape index (κ2) is 8.35. The van der Waals surface area contributed by atoms with Gasteiger partial charge < -0.3 is 4.18 Å². The Morgan fingerprint density at radius 2 is 2.20 bits per heavy atom. The Hall–Kier alpha value is -0.960. The molecule has 0 saturated heterocycles. The SMILES string of the molecule is [CH2]c1ccccc1S(=O)OC(=O)N(NC)C(=S)SCC. The molecule has 1 rings (SSSR count). The Labute approximate surface area is 130 Å². The maximum atomic E-state index is 12.0. The molecule has 0 aromatic heterocycles. The second-order valence-corrected chi connectivity index (χ2v) is 6.42. The fraction of sp³-hybridized carbons (Fsp3) is 0.250. The summed E-state index contributed by atoms with van der Waals surface area (Å²) in [5.41, 5.74) is 3.15. The third-order valence-electron chi connectivity index (χ3n) is 2.16. The number of thioether (sulfide) groups is 1. The second-order valence-electron chi connectivity index (χ2n) is 3.45. The Kier molecular flexibility index (Phi) is 7.14. The molecule has 1 amide bonds. The van der Waals surface area contributed by atoms with Crippen LogP contribution in [0, 0.1) is 6.92 Å². The molecule has 0 saturated carbocycles. The van der Waals surface area contributed by atoms with E-state index in [0.717, 1.165) is 10.8 Å². The topological polar surface area (TPSA) is 58.6 Å². The number of hydrazine groups is 1. The van der Waals surface area contributed by atoms with Gasteiger partial charge in [-0.3, -0.25) is 0 Å². The Morgan fingerprint density at radius 1 is 1.55 bits per heavy atom. The normalized spacial score (nSPS) is 11.8. The smallest absolute Gasteiger partial charge is 0.342 e. The van der Waals surface area contributed by atoms with Crippen molar-refractivity contribution in [1.29, 1.82) is 0 Å². The number of nitrogens with zero attached hydrogens (tertiary/aromatic N) is 1. The highest BCUT2D eigenvalue weighted by Gasteiger charge is 2.22. The molecule has 5 nitrogen and oxygen atoms in total. The Balaban J connectivity index is 2.77. The molecular formula is C12H15N2O3S3. The van der Waals surface area contributed by atoms with Gasteiger partial charge in [0.25, 0.3) is 0 Å². The first-order valence-corrected chi connectivity index (χ1v) is 8.17. The molecule has 1 unspecified atom stereocenters. The zero-order valence-electron chi connectivity index (χ0n) is 11.1. The highest BCUT2D eigenvalue weighted by Crippen LogP contribution is 2.15. The number of amides is 1. The average molecular weight is 331 g/mol. The van der Waals surface area contributed by atoms with Crippen molar-refractivity contribution in [2.45, 2.75) is 11.8 Å². The first-order chi connectivity index (χ1) is 9.51. The molecule has 0 spiro atoms. The Bertz CT molecular complexity index is 522. The fourth-order valence-electron chi connectivity index (χ4n) is 1.26. The van der Waals surface area contributed by atoms with E-state index in [-0.39, 0.29) is 0 Å². The van der Waals surface area contributed by atoms with E-state index in [1.54, 1.807) is 24.3 Å². The van der Waals surface area contributed by atoms with Gasteiger partial charge in [0.15, 0.2) is 4.32 Å². The summed E-state index contributed by atoms with van der Waals surface area (Å²) < 4.78 is 17.2. The summed E-state index contributed by atoms with van der Waals surface area (Å²) in [6, 6.07) is 6.74. The van der Waals surface area contributed by atoms with Crippen LogP contribution in [0.15, 0.2) is 29.2 Å². The van der Waals surface area contributed by atoms with Gasteiger partial charge in [0, 0.05) is 7.05 Å². The molecule has 0 aliphatic rings. The summed E-state index contributed by atoms with van der Waals surface area (Å²) >= 11 is 4.43. The maximum absolute atomic E-state index is 12.0. The minimum Gasteiger partial charge on any atom is -0.342 e. The quantitative estimate of drug-likeness (QED) is 0.676. The number of hydrogen-bond acceptors (Lipinski definition) is 6. The number of carbonyl (C=O) groups excluding carboxylic acids is 1. The number of nitrogens with one attached hydrogen (secondary N) is 1. The highest BCUT2D eigenvalue weighted by molar-refractivity contribution is 8.22. The lowest BCUT2D eigenvalue weighted by atomic mass is 10.2. The molecule has 1 aromatic carbocycles. The van der Waals surface area contributed by atoms with E-state index in [4.69, 9.17) is 16.4 Å². The van der Waals surface area contributed by atoms with Gasteiger partial charge >= 0.3 is 6.09 Å². The average Bonchev–Trinajstić information content (AvgIpc) is 2.40. The van der Waals surface area contributed by atoms with Crippen LogP contribution < -0.4 is 5.43 Å². The van der Waals surface area contributed by atoms with Crippen LogP contribution in [-0.4, -0.2) is 32.4 Å². The predicted molar refractivity (Wildman–Crippen MR) is 85.4 cm³/mol. The van der Waals surface area contributed by atoms with E-state index in [1.165, 1.54) is 18.8 Å². The lowest BCUT2D eigenvalue weighted by Crippen LogP contribution is -2.43. The molecule has 1 atom stereocenters. The minimum atomic E-state index is -1.93. The van der Waals surface area contributed by atoms with Crippen molar-refractivity contribution in [3.63, 3.8) is 0 Å². The molecule has 20 heavy (non-hydrogen) atoms. The molecule has 0 aliphatic heterocycles. The van der Waals surface area contributed by atoms with Crippen LogP contribution in [0.3, 0.4) is 0 Å². The van der Waals surface area contributed by atoms with Gasteiger partial charge in [-0.15, -0.1) is 0 Å². The van der Waals surface area contributed by atoms with Crippen molar-refractivity contribution in [3.05, 3.63) is 36.8 Å². The third-order valence-corrected chi connectivity index (χ3v) is 4.46. The van der Waals surface area contributed by atoms with Gasteiger partial charge in [-0.05, 0) is 24.3 Å². The van der Waals surface area contributed by atoms with Crippen LogP contribution in [0.25, 0.3) is 0 Å². The zero-order chi connectivity index (χ0) is 15.1. The molecule has 0 heterocycles. The minimum absolute atomic E-state index is 0.305. The summed E-state index contributed by atoms with van der Waals surface area (Å²) in [5, 5.41) is 1.03. The van der Waals surface area contributed by atoms with Crippen LogP contribution in [0.4, 0.5) is 4.79 Å². The molecule has 0 bridgehead atoms. The van der Waals surface area contributed by atoms with Crippen LogP contribution in [0.2, 0.25) is 0 Å². The molecule has 1 N–H and O–H groups in total. The van der Waals surface area contributed by atoms with Crippen molar-refractivity contribution in [2.75, 3.05) is 12.8 Å². The molecule has 0 fully saturated rings. The fourth-order valence-corrected chi connectivity index (χ4v) is 3.09. The first kappa shape index (κ1) is 17.1. The van der Waals surface area contributed by atoms with E-state index >= 15 is 0 Å². The third kappa shape index (κ3) is 4.55. The largest absolute Gasteiger partial charge is 0.444 e. The summed E-state index contributed by atoms with van der Waals surface area (Å²) in [6.07, 6.45) is -0.819. The monoisotopic (exact) mass is 331 g/mol. The Morgan fingerprint density at radius 3 is 2.75 bits per heavy atom. The maximum Gasteiger partial charge on any atom is 0.444 e. The number of carbonyl (C=O) groups is 1. The van der Waals surface area contributed by atoms with E-state index < -0.39 is 17.2 Å². The zero-order valence-corrected chi connectivity index (χ0v) is 13.6. The first-order valence-electron chi connectivity index (χ1n) is 5.70. The van der Waals surface area contributed by atoms with E-state index in [2.05, 4.69) is 12.3 Å².